The predicted octanol–water partition coefficient (Wildman–Crippen LogP) is 2.86. The normalized spacial score (nSPS) is 10.1. The first-order chi connectivity index (χ1) is 7.65. The molecule has 0 aliphatic heterocycles. The molecule has 2 rings (SSSR count). The highest BCUT2D eigenvalue weighted by molar-refractivity contribution is 9.10. The first-order valence-corrected chi connectivity index (χ1v) is 6.18. The van der Waals surface area contributed by atoms with Crippen LogP contribution in [0.25, 0.3) is 0 Å². The minimum Gasteiger partial charge on any atom is -0.305 e. The summed E-state index contributed by atoms with van der Waals surface area (Å²) in [6.07, 6.45) is 0. The maximum atomic E-state index is 11.7. The Kier molecular flexibility index (Phi) is 3.31. The summed E-state index contributed by atoms with van der Waals surface area (Å²) in [4.78, 5) is 19.9. The first kappa shape index (κ1) is 11.2. The van der Waals surface area contributed by atoms with Gasteiger partial charge in [-0.2, -0.15) is 0 Å². The van der Waals surface area contributed by atoms with Crippen LogP contribution in [0.3, 0.4) is 0 Å². The Bertz CT molecular complexity index is 526. The lowest BCUT2D eigenvalue weighted by Crippen LogP contribution is -2.13. The second-order valence-corrected chi connectivity index (χ2v) is 4.93. The van der Waals surface area contributed by atoms with E-state index in [1.807, 2.05) is 6.92 Å². The molecule has 0 radical (unpaired) electrons. The predicted molar refractivity (Wildman–Crippen MR) is 66.7 cm³/mol. The number of amides is 1. The van der Waals surface area contributed by atoms with Crippen molar-refractivity contribution in [1.82, 2.24) is 9.97 Å². The van der Waals surface area contributed by atoms with E-state index < -0.39 is 0 Å². The molecule has 2 aromatic rings. The van der Waals surface area contributed by atoms with Crippen molar-refractivity contribution in [1.29, 1.82) is 0 Å². The van der Waals surface area contributed by atoms with Crippen molar-refractivity contribution in [3.05, 3.63) is 38.9 Å². The number of thiazole rings is 1. The van der Waals surface area contributed by atoms with E-state index in [-0.39, 0.29) is 5.91 Å². The van der Waals surface area contributed by atoms with Gasteiger partial charge in [-0.05, 0) is 35.0 Å². The number of aromatic nitrogens is 2. The van der Waals surface area contributed by atoms with Crippen LogP contribution in [0.15, 0.2) is 28.2 Å². The lowest BCUT2D eigenvalue weighted by atomic mass is 10.4. The molecule has 2 aromatic heterocycles. The van der Waals surface area contributed by atoms with Gasteiger partial charge in [0.05, 0.1) is 5.01 Å². The monoisotopic (exact) mass is 297 g/mol. The molecule has 0 aliphatic carbocycles. The number of halogens is 1. The third-order valence-electron chi connectivity index (χ3n) is 1.81. The number of carbonyl (C=O) groups is 1. The maximum absolute atomic E-state index is 11.7. The van der Waals surface area contributed by atoms with Gasteiger partial charge in [-0.1, -0.05) is 6.07 Å². The number of aryl methyl sites for hydroxylation is 1. The average Bonchev–Trinajstić information content (AvgIpc) is 2.65. The highest BCUT2D eigenvalue weighted by Crippen LogP contribution is 2.13. The summed E-state index contributed by atoms with van der Waals surface area (Å²) >= 11 is 4.68. The van der Waals surface area contributed by atoms with Gasteiger partial charge in [0.15, 0.2) is 0 Å². The third-order valence-corrected chi connectivity index (χ3v) is 3.02. The molecule has 4 nitrogen and oxygen atoms in total. The molecule has 0 atom stereocenters. The van der Waals surface area contributed by atoms with Crippen LogP contribution in [-0.4, -0.2) is 15.9 Å². The van der Waals surface area contributed by atoms with Gasteiger partial charge in [-0.3, -0.25) is 4.79 Å². The number of rotatable bonds is 2. The molecule has 0 saturated carbocycles. The van der Waals surface area contributed by atoms with Crippen LogP contribution >= 0.6 is 27.3 Å². The van der Waals surface area contributed by atoms with Crippen molar-refractivity contribution in [3.8, 4) is 0 Å². The van der Waals surface area contributed by atoms with Gasteiger partial charge in [0.1, 0.15) is 16.1 Å². The molecule has 1 N–H and O–H groups in total. The topological polar surface area (TPSA) is 54.9 Å². The zero-order valence-electron chi connectivity index (χ0n) is 8.40. The van der Waals surface area contributed by atoms with Crippen LogP contribution in [0.5, 0.6) is 0 Å². The van der Waals surface area contributed by atoms with Gasteiger partial charge in [0.25, 0.3) is 5.91 Å². The number of nitrogens with one attached hydrogen (secondary N) is 1. The van der Waals surface area contributed by atoms with E-state index in [0.717, 1.165) is 5.01 Å². The van der Waals surface area contributed by atoms with Crippen LogP contribution in [0, 0.1) is 6.92 Å². The minimum absolute atomic E-state index is 0.241. The van der Waals surface area contributed by atoms with Crippen LogP contribution in [0.1, 0.15) is 15.5 Å². The molecular weight excluding hydrogens is 290 g/mol. The fourth-order valence-electron chi connectivity index (χ4n) is 1.13. The quantitative estimate of drug-likeness (QED) is 0.867. The molecule has 82 valence electrons. The summed E-state index contributed by atoms with van der Waals surface area (Å²) < 4.78 is 0.680. The van der Waals surface area contributed by atoms with Gasteiger partial charge in [0, 0.05) is 5.38 Å². The highest BCUT2D eigenvalue weighted by Gasteiger charge is 2.09. The van der Waals surface area contributed by atoms with Gasteiger partial charge in [-0.25, -0.2) is 9.97 Å². The van der Waals surface area contributed by atoms with E-state index in [2.05, 4.69) is 31.2 Å². The molecule has 0 aromatic carbocycles. The van der Waals surface area contributed by atoms with E-state index in [1.54, 1.807) is 23.6 Å². The lowest BCUT2D eigenvalue weighted by molar-refractivity contribution is 0.102. The zero-order chi connectivity index (χ0) is 11.5. The SMILES string of the molecule is Cc1nc(C(=O)Nc2cccc(Br)n2)cs1. The molecule has 0 unspecified atom stereocenters. The summed E-state index contributed by atoms with van der Waals surface area (Å²) in [5.41, 5.74) is 0.421. The lowest BCUT2D eigenvalue weighted by Gasteiger charge is -2.01. The molecule has 0 saturated heterocycles. The molecular formula is C10H8BrN3OS. The standard InChI is InChI=1S/C10H8BrN3OS/c1-6-12-7(5-16-6)10(15)14-9-4-2-3-8(11)13-9/h2-5H,1H3,(H,13,14,15). The van der Waals surface area contributed by atoms with Gasteiger partial charge < -0.3 is 5.32 Å². The van der Waals surface area contributed by atoms with Crippen LogP contribution in [0.4, 0.5) is 5.82 Å². The highest BCUT2D eigenvalue weighted by atomic mass is 79.9. The summed E-state index contributed by atoms with van der Waals surface area (Å²) in [5, 5.41) is 5.27. The molecule has 0 spiro atoms. The second-order valence-electron chi connectivity index (χ2n) is 3.05. The number of anilines is 1. The summed E-state index contributed by atoms with van der Waals surface area (Å²) in [6.45, 7) is 1.86. The fraction of sp³-hybridized carbons (Fsp3) is 0.100. The second kappa shape index (κ2) is 4.71. The van der Waals surface area contributed by atoms with Crippen LogP contribution < -0.4 is 5.32 Å². The Morgan fingerprint density at radius 1 is 1.44 bits per heavy atom. The Hall–Kier alpha value is -1.27. The van der Waals surface area contributed by atoms with Gasteiger partial charge >= 0.3 is 0 Å². The van der Waals surface area contributed by atoms with Crippen LogP contribution in [0.2, 0.25) is 0 Å². The number of pyridine rings is 1. The first-order valence-electron chi connectivity index (χ1n) is 4.51. The number of carbonyl (C=O) groups excluding carboxylic acids is 1. The van der Waals surface area contributed by atoms with Crippen molar-refractivity contribution < 1.29 is 4.79 Å². The zero-order valence-corrected chi connectivity index (χ0v) is 10.8. The Balaban J connectivity index is 2.13. The van der Waals surface area contributed by atoms with Crippen molar-refractivity contribution in [3.63, 3.8) is 0 Å². The van der Waals surface area contributed by atoms with Crippen molar-refractivity contribution >= 4 is 39.0 Å². The van der Waals surface area contributed by atoms with E-state index in [4.69, 9.17) is 0 Å². The Morgan fingerprint density at radius 2 is 2.25 bits per heavy atom. The van der Waals surface area contributed by atoms with Crippen molar-refractivity contribution in [2.45, 2.75) is 6.92 Å². The van der Waals surface area contributed by atoms with E-state index in [9.17, 15) is 4.79 Å². The molecule has 6 heteroatoms. The average molecular weight is 298 g/mol. The van der Waals surface area contributed by atoms with E-state index in [0.29, 0.717) is 16.1 Å². The molecule has 0 bridgehead atoms. The van der Waals surface area contributed by atoms with Crippen LogP contribution in [-0.2, 0) is 0 Å². The minimum atomic E-state index is -0.241. The number of hydrogen-bond acceptors (Lipinski definition) is 4. The van der Waals surface area contributed by atoms with Crippen molar-refractivity contribution in [2.75, 3.05) is 5.32 Å². The van der Waals surface area contributed by atoms with Gasteiger partial charge in [-0.15, -0.1) is 11.3 Å². The number of hydrogen-bond donors (Lipinski definition) is 1. The van der Waals surface area contributed by atoms with Gasteiger partial charge in [0.2, 0.25) is 0 Å². The smallest absolute Gasteiger partial charge is 0.276 e. The summed E-state index contributed by atoms with van der Waals surface area (Å²) in [7, 11) is 0. The summed E-state index contributed by atoms with van der Waals surface area (Å²) in [5.74, 6) is 0.264. The third kappa shape index (κ3) is 2.65. The van der Waals surface area contributed by atoms with Crippen molar-refractivity contribution in [2.24, 2.45) is 0 Å². The molecule has 16 heavy (non-hydrogen) atoms. The molecule has 0 fully saturated rings. The van der Waals surface area contributed by atoms with E-state index in [1.165, 1.54) is 11.3 Å². The van der Waals surface area contributed by atoms with E-state index >= 15 is 0 Å². The largest absolute Gasteiger partial charge is 0.305 e. The number of nitrogens with zero attached hydrogens (tertiary/aromatic N) is 2. The summed E-state index contributed by atoms with van der Waals surface area (Å²) in [6, 6.07) is 5.32. The molecule has 2 heterocycles. The molecule has 1 amide bonds. The maximum Gasteiger partial charge on any atom is 0.276 e. The fourth-order valence-corrected chi connectivity index (χ4v) is 2.06. The Labute approximate surface area is 105 Å². The Morgan fingerprint density at radius 3 is 2.88 bits per heavy atom. The molecule has 0 aliphatic rings.